The summed E-state index contributed by atoms with van der Waals surface area (Å²) in [5, 5.41) is 4.02. The van der Waals surface area contributed by atoms with Crippen molar-refractivity contribution in [1.29, 1.82) is 0 Å². The van der Waals surface area contributed by atoms with E-state index in [2.05, 4.69) is 10.1 Å². The van der Waals surface area contributed by atoms with Crippen LogP contribution in [0.15, 0.2) is 41.6 Å². The van der Waals surface area contributed by atoms with Gasteiger partial charge in [-0.3, -0.25) is 4.68 Å². The molecule has 1 aromatic carbocycles. The van der Waals surface area contributed by atoms with Crippen LogP contribution in [0.2, 0.25) is 0 Å². The molecule has 0 radical (unpaired) electrons. The second kappa shape index (κ2) is 5.30. The van der Waals surface area contributed by atoms with E-state index in [-0.39, 0.29) is 5.75 Å². The fraction of sp³-hybridized carbons (Fsp3) is 0.333. The molecule has 0 spiro atoms. The number of aromatic nitrogens is 3. The number of nitrogens with zero attached hydrogens (tertiary/aromatic N) is 3. The van der Waals surface area contributed by atoms with Crippen molar-refractivity contribution in [3.8, 4) is 0 Å². The lowest BCUT2D eigenvalue weighted by Gasteiger charge is -2.05. The van der Waals surface area contributed by atoms with Crippen LogP contribution in [-0.4, -0.2) is 28.9 Å². The van der Waals surface area contributed by atoms with Gasteiger partial charge in [0, 0.05) is 13.0 Å². The zero-order valence-electron chi connectivity index (χ0n) is 10.2. The first-order valence-corrected chi connectivity index (χ1v) is 7.43. The van der Waals surface area contributed by atoms with Crippen molar-refractivity contribution in [3.05, 3.63) is 42.5 Å². The van der Waals surface area contributed by atoms with Crippen molar-refractivity contribution >= 4 is 9.84 Å². The number of rotatable bonds is 5. The normalized spacial score (nSPS) is 11.6. The predicted molar refractivity (Wildman–Crippen MR) is 67.9 cm³/mol. The average molecular weight is 265 g/mol. The largest absolute Gasteiger partial charge is 0.250 e. The van der Waals surface area contributed by atoms with Crippen LogP contribution in [0.3, 0.4) is 0 Å². The molecular weight excluding hydrogens is 250 g/mol. The Hall–Kier alpha value is -1.69. The predicted octanol–water partition coefficient (Wildman–Crippen LogP) is 1.31. The quantitative estimate of drug-likeness (QED) is 0.817. The standard InChI is InChI=1S/C12H15N3O2S/c1-2-15-12(13-10-14-15)8-9-18(16,17)11-6-4-3-5-7-11/h3-7,10H,2,8-9H2,1H3. The minimum Gasteiger partial charge on any atom is -0.250 e. The van der Waals surface area contributed by atoms with E-state index in [0.717, 1.165) is 0 Å². The molecule has 0 N–H and O–H groups in total. The average Bonchev–Trinajstić information content (AvgIpc) is 2.85. The molecule has 0 bridgehead atoms. The van der Waals surface area contributed by atoms with Gasteiger partial charge in [-0.05, 0) is 19.1 Å². The maximum Gasteiger partial charge on any atom is 0.178 e. The zero-order chi connectivity index (χ0) is 13.0. The Morgan fingerprint density at radius 3 is 2.61 bits per heavy atom. The van der Waals surface area contributed by atoms with Crippen molar-refractivity contribution in [2.75, 3.05) is 5.75 Å². The second-order valence-corrected chi connectivity index (χ2v) is 5.98. The number of sulfone groups is 1. The topological polar surface area (TPSA) is 64.8 Å². The van der Waals surface area contributed by atoms with Gasteiger partial charge in [0.15, 0.2) is 9.84 Å². The van der Waals surface area contributed by atoms with Gasteiger partial charge in [-0.2, -0.15) is 5.10 Å². The number of hydrogen-bond donors (Lipinski definition) is 0. The van der Waals surface area contributed by atoms with Crippen molar-refractivity contribution in [2.24, 2.45) is 0 Å². The van der Waals surface area contributed by atoms with Crippen LogP contribution in [0.25, 0.3) is 0 Å². The molecule has 0 aliphatic heterocycles. The molecule has 6 heteroatoms. The van der Waals surface area contributed by atoms with Crippen LogP contribution < -0.4 is 0 Å². The summed E-state index contributed by atoms with van der Waals surface area (Å²) in [6.45, 7) is 2.64. The summed E-state index contributed by atoms with van der Waals surface area (Å²) in [5.41, 5.74) is 0. The third-order valence-electron chi connectivity index (χ3n) is 2.69. The first-order valence-electron chi connectivity index (χ1n) is 5.78. The maximum atomic E-state index is 12.1. The highest BCUT2D eigenvalue weighted by Crippen LogP contribution is 2.11. The molecule has 18 heavy (non-hydrogen) atoms. The van der Waals surface area contributed by atoms with Gasteiger partial charge in [0.2, 0.25) is 0 Å². The van der Waals surface area contributed by atoms with E-state index in [1.54, 1.807) is 35.0 Å². The molecule has 96 valence electrons. The van der Waals surface area contributed by atoms with Gasteiger partial charge < -0.3 is 0 Å². The van der Waals surface area contributed by atoms with Crippen LogP contribution in [0.4, 0.5) is 0 Å². The molecule has 0 atom stereocenters. The van der Waals surface area contributed by atoms with Crippen LogP contribution in [0, 0.1) is 0 Å². The highest BCUT2D eigenvalue weighted by molar-refractivity contribution is 7.91. The second-order valence-electron chi connectivity index (χ2n) is 3.87. The van der Waals surface area contributed by atoms with Crippen molar-refractivity contribution < 1.29 is 8.42 Å². The molecule has 0 aliphatic rings. The van der Waals surface area contributed by atoms with E-state index in [1.807, 2.05) is 6.92 Å². The summed E-state index contributed by atoms with van der Waals surface area (Å²) in [6.07, 6.45) is 1.83. The first kappa shape index (κ1) is 12.8. The van der Waals surface area contributed by atoms with Crippen LogP contribution in [0.5, 0.6) is 0 Å². The van der Waals surface area contributed by atoms with E-state index in [0.29, 0.717) is 23.7 Å². The molecule has 0 fully saturated rings. The Morgan fingerprint density at radius 2 is 1.94 bits per heavy atom. The highest BCUT2D eigenvalue weighted by atomic mass is 32.2. The lowest BCUT2D eigenvalue weighted by Crippen LogP contribution is -2.13. The summed E-state index contributed by atoms with van der Waals surface area (Å²) in [7, 11) is -3.24. The molecule has 5 nitrogen and oxygen atoms in total. The van der Waals surface area contributed by atoms with E-state index < -0.39 is 9.84 Å². The Balaban J connectivity index is 2.11. The fourth-order valence-electron chi connectivity index (χ4n) is 1.72. The molecule has 2 rings (SSSR count). The number of benzene rings is 1. The molecule has 0 saturated carbocycles. The molecule has 0 amide bonds. The number of aryl methyl sites for hydroxylation is 2. The summed E-state index contributed by atoms with van der Waals surface area (Å²) >= 11 is 0. The molecule has 1 heterocycles. The summed E-state index contributed by atoms with van der Waals surface area (Å²) in [5.74, 6) is 0.757. The van der Waals surface area contributed by atoms with Gasteiger partial charge in [-0.15, -0.1) is 0 Å². The highest BCUT2D eigenvalue weighted by Gasteiger charge is 2.15. The molecule has 0 saturated heterocycles. The smallest absolute Gasteiger partial charge is 0.178 e. The van der Waals surface area contributed by atoms with E-state index >= 15 is 0 Å². The fourth-order valence-corrected chi connectivity index (χ4v) is 2.98. The Bertz CT molecular complexity index is 605. The lowest BCUT2D eigenvalue weighted by molar-refractivity contribution is 0.588. The van der Waals surface area contributed by atoms with Gasteiger partial charge >= 0.3 is 0 Å². The van der Waals surface area contributed by atoms with Crippen LogP contribution in [-0.2, 0) is 22.8 Å². The van der Waals surface area contributed by atoms with Crippen LogP contribution >= 0.6 is 0 Å². The zero-order valence-corrected chi connectivity index (χ0v) is 11.0. The molecule has 1 aromatic heterocycles. The molecule has 2 aromatic rings. The summed E-state index contributed by atoms with van der Waals surface area (Å²) in [6, 6.07) is 8.47. The van der Waals surface area contributed by atoms with E-state index in [1.165, 1.54) is 6.33 Å². The van der Waals surface area contributed by atoms with Gasteiger partial charge in [0.25, 0.3) is 0 Å². The van der Waals surface area contributed by atoms with E-state index in [9.17, 15) is 8.42 Å². The minimum atomic E-state index is -3.24. The summed E-state index contributed by atoms with van der Waals surface area (Å²) in [4.78, 5) is 4.43. The molecule has 0 unspecified atom stereocenters. The van der Waals surface area contributed by atoms with Gasteiger partial charge in [-0.25, -0.2) is 13.4 Å². The van der Waals surface area contributed by atoms with Crippen molar-refractivity contribution in [3.63, 3.8) is 0 Å². The number of hydrogen-bond acceptors (Lipinski definition) is 4. The maximum absolute atomic E-state index is 12.1. The molecular formula is C12H15N3O2S. The van der Waals surface area contributed by atoms with Crippen LogP contribution in [0.1, 0.15) is 12.7 Å². The third-order valence-corrected chi connectivity index (χ3v) is 4.42. The minimum absolute atomic E-state index is 0.0513. The van der Waals surface area contributed by atoms with Gasteiger partial charge in [0.1, 0.15) is 12.2 Å². The van der Waals surface area contributed by atoms with Crippen molar-refractivity contribution in [1.82, 2.24) is 14.8 Å². The third kappa shape index (κ3) is 2.76. The van der Waals surface area contributed by atoms with Crippen molar-refractivity contribution in [2.45, 2.75) is 24.8 Å². The Kier molecular flexibility index (Phi) is 3.76. The van der Waals surface area contributed by atoms with Gasteiger partial charge in [0.05, 0.1) is 10.6 Å². The Morgan fingerprint density at radius 1 is 1.22 bits per heavy atom. The Labute approximate surface area is 106 Å². The van der Waals surface area contributed by atoms with E-state index in [4.69, 9.17) is 0 Å². The SMILES string of the molecule is CCn1ncnc1CCS(=O)(=O)c1ccccc1. The first-order chi connectivity index (χ1) is 8.63. The lowest BCUT2D eigenvalue weighted by atomic mass is 10.4. The van der Waals surface area contributed by atoms with Gasteiger partial charge in [-0.1, -0.05) is 18.2 Å². The monoisotopic (exact) mass is 265 g/mol. The summed E-state index contributed by atoms with van der Waals surface area (Å²) < 4.78 is 25.8. The molecule has 0 aliphatic carbocycles.